The van der Waals surface area contributed by atoms with Crippen molar-refractivity contribution in [2.75, 3.05) is 6.54 Å². The van der Waals surface area contributed by atoms with Crippen LogP contribution in [0.4, 0.5) is 0 Å². The van der Waals surface area contributed by atoms with Gasteiger partial charge in [-0.2, -0.15) is 0 Å². The molecule has 1 aliphatic heterocycles. The monoisotopic (exact) mass is 291 g/mol. The van der Waals surface area contributed by atoms with Crippen molar-refractivity contribution in [3.63, 3.8) is 0 Å². The summed E-state index contributed by atoms with van der Waals surface area (Å²) in [4.78, 5) is 14.3. The smallest absolute Gasteiger partial charge is 0.268 e. The predicted octanol–water partition coefficient (Wildman–Crippen LogP) is 2.94. The maximum Gasteiger partial charge on any atom is 0.268 e. The number of amides is 1. The molecule has 110 valence electrons. The average molecular weight is 291 g/mol. The van der Waals surface area contributed by atoms with Gasteiger partial charge in [-0.1, -0.05) is 66.7 Å². The molecule has 0 aliphatic carbocycles. The third-order valence-electron chi connectivity index (χ3n) is 3.80. The molecule has 0 unspecified atom stereocenters. The van der Waals surface area contributed by atoms with Gasteiger partial charge in [-0.25, -0.2) is 0 Å². The van der Waals surface area contributed by atoms with Crippen LogP contribution in [0.3, 0.4) is 0 Å². The summed E-state index contributed by atoms with van der Waals surface area (Å²) >= 11 is 0. The van der Waals surface area contributed by atoms with E-state index in [1.54, 1.807) is 29.2 Å². The summed E-state index contributed by atoms with van der Waals surface area (Å²) in [6.07, 6.45) is 3.29. The minimum absolute atomic E-state index is 0.350. The van der Waals surface area contributed by atoms with E-state index in [-0.39, 0.29) is 5.91 Å². The zero-order valence-electron chi connectivity index (χ0n) is 12.1. The number of rotatable bonds is 4. The van der Waals surface area contributed by atoms with Crippen LogP contribution in [-0.2, 0) is 10.4 Å². The van der Waals surface area contributed by atoms with Crippen LogP contribution in [0.1, 0.15) is 11.1 Å². The van der Waals surface area contributed by atoms with Gasteiger partial charge in [-0.3, -0.25) is 4.79 Å². The van der Waals surface area contributed by atoms with E-state index >= 15 is 0 Å². The minimum atomic E-state index is -1.63. The lowest BCUT2D eigenvalue weighted by Gasteiger charge is -2.23. The van der Waals surface area contributed by atoms with Gasteiger partial charge in [0, 0.05) is 6.54 Å². The first-order valence-electron chi connectivity index (χ1n) is 7.16. The molecular formula is C19H17NO2. The van der Waals surface area contributed by atoms with Crippen LogP contribution in [-0.4, -0.2) is 22.5 Å². The fraction of sp³-hybridized carbons (Fsp3) is 0.105. The van der Waals surface area contributed by atoms with Crippen molar-refractivity contribution in [2.24, 2.45) is 0 Å². The topological polar surface area (TPSA) is 40.5 Å². The molecule has 1 amide bonds. The summed E-state index contributed by atoms with van der Waals surface area (Å²) in [5.74, 6) is -0.350. The predicted molar refractivity (Wildman–Crippen MR) is 86.7 cm³/mol. The zero-order chi connectivity index (χ0) is 15.6. The minimum Gasteiger partial charge on any atom is -0.372 e. The van der Waals surface area contributed by atoms with Crippen LogP contribution in [0, 0.1) is 0 Å². The number of hydrogen-bond donors (Lipinski definition) is 1. The van der Waals surface area contributed by atoms with E-state index in [2.05, 4.69) is 6.58 Å². The Morgan fingerprint density at radius 3 is 2.23 bits per heavy atom. The van der Waals surface area contributed by atoms with Crippen LogP contribution >= 0.6 is 0 Å². The zero-order valence-corrected chi connectivity index (χ0v) is 12.1. The molecule has 3 heteroatoms. The first-order chi connectivity index (χ1) is 10.7. The molecule has 0 aromatic heterocycles. The van der Waals surface area contributed by atoms with Gasteiger partial charge in [0.05, 0.1) is 5.70 Å². The van der Waals surface area contributed by atoms with Gasteiger partial charge in [-0.05, 0) is 17.2 Å². The second kappa shape index (κ2) is 5.62. The fourth-order valence-electron chi connectivity index (χ4n) is 2.71. The van der Waals surface area contributed by atoms with Crippen LogP contribution in [0.15, 0.2) is 79.4 Å². The second-order valence-electron chi connectivity index (χ2n) is 5.23. The van der Waals surface area contributed by atoms with Gasteiger partial charge in [0.1, 0.15) is 0 Å². The molecule has 2 aromatic carbocycles. The summed E-state index contributed by atoms with van der Waals surface area (Å²) in [5, 5.41) is 11.0. The highest BCUT2D eigenvalue weighted by molar-refractivity contribution is 6.01. The summed E-state index contributed by atoms with van der Waals surface area (Å²) in [7, 11) is 0. The Bertz CT molecular complexity index is 722. The van der Waals surface area contributed by atoms with Crippen LogP contribution in [0.25, 0.3) is 5.70 Å². The maximum atomic E-state index is 12.8. The molecular weight excluding hydrogens is 274 g/mol. The Morgan fingerprint density at radius 2 is 1.64 bits per heavy atom. The van der Waals surface area contributed by atoms with E-state index in [0.29, 0.717) is 17.8 Å². The molecule has 22 heavy (non-hydrogen) atoms. The second-order valence-corrected chi connectivity index (χ2v) is 5.23. The molecule has 0 spiro atoms. The van der Waals surface area contributed by atoms with Crippen molar-refractivity contribution in [3.8, 4) is 0 Å². The molecule has 0 fully saturated rings. The van der Waals surface area contributed by atoms with Crippen LogP contribution in [0.2, 0.25) is 0 Å². The summed E-state index contributed by atoms with van der Waals surface area (Å²) in [6, 6.07) is 18.6. The normalized spacial score (nSPS) is 20.9. The molecule has 1 atom stereocenters. The number of carbonyl (C=O) groups is 1. The van der Waals surface area contributed by atoms with Crippen molar-refractivity contribution in [1.29, 1.82) is 0 Å². The van der Waals surface area contributed by atoms with Crippen LogP contribution in [0.5, 0.6) is 0 Å². The Kier molecular flexibility index (Phi) is 3.65. The molecule has 1 aliphatic rings. The number of benzene rings is 2. The van der Waals surface area contributed by atoms with Crippen molar-refractivity contribution in [2.45, 2.75) is 5.60 Å². The van der Waals surface area contributed by atoms with Gasteiger partial charge in [0.25, 0.3) is 5.91 Å². The molecule has 0 saturated carbocycles. The van der Waals surface area contributed by atoms with E-state index in [1.165, 1.54) is 0 Å². The quantitative estimate of drug-likeness (QED) is 0.880. The fourth-order valence-corrected chi connectivity index (χ4v) is 2.71. The molecule has 3 rings (SSSR count). The Hall–Kier alpha value is -2.65. The van der Waals surface area contributed by atoms with Gasteiger partial charge in [0.2, 0.25) is 0 Å². The number of aliphatic hydroxyl groups is 1. The summed E-state index contributed by atoms with van der Waals surface area (Å²) in [5.41, 5.74) is 0.538. The molecule has 1 heterocycles. The molecule has 0 radical (unpaired) electrons. The van der Waals surface area contributed by atoms with E-state index in [1.807, 2.05) is 48.5 Å². The first kappa shape index (κ1) is 14.3. The largest absolute Gasteiger partial charge is 0.372 e. The lowest BCUT2D eigenvalue weighted by atomic mass is 9.94. The van der Waals surface area contributed by atoms with Crippen molar-refractivity contribution < 1.29 is 9.90 Å². The van der Waals surface area contributed by atoms with Crippen LogP contribution < -0.4 is 0 Å². The third kappa shape index (κ3) is 2.26. The highest BCUT2D eigenvalue weighted by Gasteiger charge is 2.46. The molecule has 3 nitrogen and oxygen atoms in total. The van der Waals surface area contributed by atoms with E-state index in [9.17, 15) is 9.90 Å². The Balaban J connectivity index is 2.12. The van der Waals surface area contributed by atoms with Gasteiger partial charge in [0.15, 0.2) is 5.60 Å². The van der Waals surface area contributed by atoms with Crippen molar-refractivity contribution in [3.05, 3.63) is 90.5 Å². The Morgan fingerprint density at radius 1 is 1.05 bits per heavy atom. The third-order valence-corrected chi connectivity index (χ3v) is 3.80. The highest BCUT2D eigenvalue weighted by atomic mass is 16.3. The molecule has 0 saturated heterocycles. The Labute approximate surface area is 129 Å². The molecule has 1 N–H and O–H groups in total. The first-order valence-corrected chi connectivity index (χ1v) is 7.16. The van der Waals surface area contributed by atoms with Gasteiger partial charge >= 0.3 is 0 Å². The van der Waals surface area contributed by atoms with E-state index in [0.717, 1.165) is 5.56 Å². The highest BCUT2D eigenvalue weighted by Crippen LogP contribution is 2.38. The molecule has 2 aromatic rings. The number of nitrogens with zero attached hydrogens (tertiary/aromatic N) is 1. The lowest BCUT2D eigenvalue weighted by molar-refractivity contribution is -0.141. The lowest BCUT2D eigenvalue weighted by Crippen LogP contribution is -2.39. The summed E-state index contributed by atoms with van der Waals surface area (Å²) < 4.78 is 0. The standard InChI is InChI=1S/C19H17NO2/c1-2-13-20-17(15-9-5-3-6-10-15)14-19(22,18(20)21)16-11-7-4-8-12-16/h2-12,14,22H,1,13H2/t19-/m0/s1. The summed E-state index contributed by atoms with van der Waals surface area (Å²) in [6.45, 7) is 4.06. The van der Waals surface area contributed by atoms with Gasteiger partial charge < -0.3 is 10.0 Å². The van der Waals surface area contributed by atoms with E-state index in [4.69, 9.17) is 0 Å². The number of hydrogen-bond acceptors (Lipinski definition) is 2. The SMILES string of the molecule is C=CCN1C(=O)[C@@](O)(c2ccccc2)C=C1c1ccccc1. The maximum absolute atomic E-state index is 12.8. The van der Waals surface area contributed by atoms with E-state index < -0.39 is 5.60 Å². The van der Waals surface area contributed by atoms with Crippen molar-refractivity contribution in [1.82, 2.24) is 4.90 Å². The van der Waals surface area contributed by atoms with Gasteiger partial charge in [-0.15, -0.1) is 6.58 Å². The molecule has 0 bridgehead atoms. The van der Waals surface area contributed by atoms with Crippen molar-refractivity contribution >= 4 is 11.6 Å². The number of carbonyl (C=O) groups excluding carboxylic acids is 1. The average Bonchev–Trinajstić information content (AvgIpc) is 2.83.